The largest absolute Gasteiger partial charge is 0.493 e. The molecule has 22 heavy (non-hydrogen) atoms. The van der Waals surface area contributed by atoms with Crippen LogP contribution in [-0.4, -0.2) is 30.5 Å². The zero-order valence-electron chi connectivity index (χ0n) is 12.5. The Bertz CT molecular complexity index is 561. The van der Waals surface area contributed by atoms with Crippen LogP contribution in [0.2, 0.25) is 0 Å². The molecule has 5 nitrogen and oxygen atoms in total. The van der Waals surface area contributed by atoms with Crippen molar-refractivity contribution < 1.29 is 9.53 Å². The number of carbonyl (C=O) groups excluding carboxylic acids is 1. The Kier molecular flexibility index (Phi) is 5.80. The second kappa shape index (κ2) is 8.05. The molecule has 1 aromatic rings. The Morgan fingerprint density at radius 1 is 1.14 bits per heavy atom. The number of amides is 1. The molecular weight excluding hydrogens is 278 g/mol. The number of benzene rings is 1. The van der Waals surface area contributed by atoms with Crippen LogP contribution in [0.4, 0.5) is 0 Å². The van der Waals surface area contributed by atoms with Crippen molar-refractivity contribution in [3.8, 4) is 17.9 Å². The molecule has 0 saturated heterocycles. The SMILES string of the molecule is N#CCCN(CCC#N)C(=O)c1ccc(OCC2CC2)cc1. The second-order valence-corrected chi connectivity index (χ2v) is 5.39. The highest BCUT2D eigenvalue weighted by Crippen LogP contribution is 2.29. The van der Waals surface area contributed by atoms with Crippen LogP contribution in [0, 0.1) is 28.6 Å². The quantitative estimate of drug-likeness (QED) is 0.739. The minimum Gasteiger partial charge on any atom is -0.493 e. The molecular formula is C17H19N3O2. The first kappa shape index (κ1) is 15.9. The van der Waals surface area contributed by atoms with Gasteiger partial charge in [-0.3, -0.25) is 4.79 Å². The number of nitriles is 2. The summed E-state index contributed by atoms with van der Waals surface area (Å²) in [6, 6.07) is 11.1. The highest BCUT2D eigenvalue weighted by atomic mass is 16.5. The topological polar surface area (TPSA) is 77.1 Å². The number of nitrogens with zero attached hydrogens (tertiary/aromatic N) is 3. The molecule has 1 aliphatic carbocycles. The molecule has 0 aromatic heterocycles. The van der Waals surface area contributed by atoms with Crippen molar-refractivity contribution in [3.63, 3.8) is 0 Å². The van der Waals surface area contributed by atoms with Crippen LogP contribution in [-0.2, 0) is 0 Å². The fourth-order valence-corrected chi connectivity index (χ4v) is 2.06. The fraction of sp³-hybridized carbons (Fsp3) is 0.471. The average Bonchev–Trinajstić information content (AvgIpc) is 3.37. The molecule has 114 valence electrons. The Balaban J connectivity index is 1.95. The van der Waals surface area contributed by atoms with E-state index in [2.05, 4.69) is 0 Å². The van der Waals surface area contributed by atoms with Crippen LogP contribution >= 0.6 is 0 Å². The first-order valence-corrected chi connectivity index (χ1v) is 7.50. The van der Waals surface area contributed by atoms with Crippen molar-refractivity contribution >= 4 is 5.91 Å². The highest BCUT2D eigenvalue weighted by Gasteiger charge is 2.22. The Morgan fingerprint density at radius 3 is 2.23 bits per heavy atom. The Hall–Kier alpha value is -2.53. The van der Waals surface area contributed by atoms with E-state index in [9.17, 15) is 4.79 Å². The molecule has 5 heteroatoms. The zero-order chi connectivity index (χ0) is 15.8. The second-order valence-electron chi connectivity index (χ2n) is 5.39. The number of carbonyl (C=O) groups is 1. The molecule has 1 saturated carbocycles. The highest BCUT2D eigenvalue weighted by molar-refractivity contribution is 5.94. The average molecular weight is 297 g/mol. The summed E-state index contributed by atoms with van der Waals surface area (Å²) in [7, 11) is 0. The monoisotopic (exact) mass is 297 g/mol. The van der Waals surface area contributed by atoms with E-state index in [1.807, 2.05) is 12.1 Å². The predicted molar refractivity (Wildman–Crippen MR) is 81.0 cm³/mol. The summed E-state index contributed by atoms with van der Waals surface area (Å²) < 4.78 is 5.64. The van der Waals surface area contributed by atoms with Gasteiger partial charge in [-0.15, -0.1) is 0 Å². The summed E-state index contributed by atoms with van der Waals surface area (Å²) >= 11 is 0. The standard InChI is InChI=1S/C17H19N3O2/c18-9-1-11-20(12-2-10-19)17(21)15-5-7-16(8-6-15)22-13-14-3-4-14/h5-8,14H,1-4,11-13H2. The third-order valence-corrected chi connectivity index (χ3v) is 3.56. The molecule has 1 aromatic carbocycles. The van der Waals surface area contributed by atoms with Crippen molar-refractivity contribution in [2.75, 3.05) is 19.7 Å². The van der Waals surface area contributed by atoms with Crippen LogP contribution < -0.4 is 4.74 Å². The summed E-state index contributed by atoms with van der Waals surface area (Å²) in [5, 5.41) is 17.3. The van der Waals surface area contributed by atoms with E-state index in [0.717, 1.165) is 12.4 Å². The van der Waals surface area contributed by atoms with E-state index in [1.165, 1.54) is 12.8 Å². The van der Waals surface area contributed by atoms with E-state index in [1.54, 1.807) is 29.2 Å². The number of hydrogen-bond donors (Lipinski definition) is 0. The van der Waals surface area contributed by atoms with Crippen molar-refractivity contribution in [2.24, 2.45) is 5.92 Å². The summed E-state index contributed by atoms with van der Waals surface area (Å²) in [5.41, 5.74) is 0.551. The lowest BCUT2D eigenvalue weighted by molar-refractivity contribution is 0.0762. The van der Waals surface area contributed by atoms with Gasteiger partial charge in [0.05, 0.1) is 31.6 Å². The lowest BCUT2D eigenvalue weighted by atomic mass is 10.2. The lowest BCUT2D eigenvalue weighted by Crippen LogP contribution is -2.32. The molecule has 1 amide bonds. The maximum absolute atomic E-state index is 12.4. The lowest BCUT2D eigenvalue weighted by Gasteiger charge is -2.20. The maximum atomic E-state index is 12.4. The molecule has 0 atom stereocenters. The van der Waals surface area contributed by atoms with Gasteiger partial charge in [0.1, 0.15) is 5.75 Å². The number of hydrogen-bond acceptors (Lipinski definition) is 4. The van der Waals surface area contributed by atoms with Gasteiger partial charge in [0.15, 0.2) is 0 Å². The van der Waals surface area contributed by atoms with Crippen molar-refractivity contribution in [2.45, 2.75) is 25.7 Å². The summed E-state index contributed by atoms with van der Waals surface area (Å²) in [4.78, 5) is 14.0. The maximum Gasteiger partial charge on any atom is 0.253 e. The molecule has 0 bridgehead atoms. The van der Waals surface area contributed by atoms with Gasteiger partial charge >= 0.3 is 0 Å². The van der Waals surface area contributed by atoms with E-state index >= 15 is 0 Å². The first-order chi connectivity index (χ1) is 10.7. The third kappa shape index (κ3) is 4.79. The van der Waals surface area contributed by atoms with Gasteiger partial charge in [0.25, 0.3) is 5.91 Å². The molecule has 0 heterocycles. The van der Waals surface area contributed by atoms with Crippen molar-refractivity contribution in [1.29, 1.82) is 10.5 Å². The van der Waals surface area contributed by atoms with E-state index in [0.29, 0.717) is 24.6 Å². The molecule has 0 radical (unpaired) electrons. The number of ether oxygens (including phenoxy) is 1. The minimum absolute atomic E-state index is 0.153. The van der Waals surface area contributed by atoms with Gasteiger partial charge in [-0.1, -0.05) is 0 Å². The first-order valence-electron chi connectivity index (χ1n) is 7.50. The molecule has 1 aliphatic rings. The van der Waals surface area contributed by atoms with Crippen LogP contribution in [0.5, 0.6) is 5.75 Å². The molecule has 1 fully saturated rings. The zero-order valence-corrected chi connectivity index (χ0v) is 12.5. The van der Waals surface area contributed by atoms with Gasteiger partial charge < -0.3 is 9.64 Å². The summed E-state index contributed by atoms with van der Waals surface area (Å²) in [6.45, 7) is 1.43. The third-order valence-electron chi connectivity index (χ3n) is 3.56. The molecule has 0 aliphatic heterocycles. The molecule has 0 N–H and O–H groups in total. The molecule has 0 unspecified atom stereocenters. The van der Waals surface area contributed by atoms with Crippen LogP contribution in [0.3, 0.4) is 0 Å². The van der Waals surface area contributed by atoms with Crippen molar-refractivity contribution in [3.05, 3.63) is 29.8 Å². The van der Waals surface area contributed by atoms with E-state index in [4.69, 9.17) is 15.3 Å². The summed E-state index contributed by atoms with van der Waals surface area (Å²) in [5.74, 6) is 1.30. The Morgan fingerprint density at radius 2 is 1.73 bits per heavy atom. The smallest absolute Gasteiger partial charge is 0.253 e. The number of rotatable bonds is 8. The van der Waals surface area contributed by atoms with E-state index < -0.39 is 0 Å². The minimum atomic E-state index is -0.153. The normalized spacial score (nSPS) is 13.0. The molecule has 0 spiro atoms. The van der Waals surface area contributed by atoms with Crippen LogP contribution in [0.25, 0.3) is 0 Å². The van der Waals surface area contributed by atoms with E-state index in [-0.39, 0.29) is 18.7 Å². The van der Waals surface area contributed by atoms with Crippen LogP contribution in [0.15, 0.2) is 24.3 Å². The van der Waals surface area contributed by atoms with Gasteiger partial charge in [-0.05, 0) is 43.0 Å². The summed E-state index contributed by atoms with van der Waals surface area (Å²) in [6.07, 6.45) is 3.01. The van der Waals surface area contributed by atoms with Crippen molar-refractivity contribution in [1.82, 2.24) is 4.90 Å². The van der Waals surface area contributed by atoms with Crippen LogP contribution in [0.1, 0.15) is 36.0 Å². The van der Waals surface area contributed by atoms with Gasteiger partial charge in [-0.25, -0.2) is 0 Å². The Labute approximate surface area is 130 Å². The van der Waals surface area contributed by atoms with Gasteiger partial charge in [0.2, 0.25) is 0 Å². The van der Waals surface area contributed by atoms with Gasteiger partial charge in [0, 0.05) is 18.7 Å². The van der Waals surface area contributed by atoms with Gasteiger partial charge in [-0.2, -0.15) is 10.5 Å². The predicted octanol–water partition coefficient (Wildman–Crippen LogP) is 2.74. The fourth-order valence-electron chi connectivity index (χ4n) is 2.06. The molecule has 2 rings (SSSR count).